The number of hydrogen-bond donors (Lipinski definition) is 3. The topological polar surface area (TPSA) is 179 Å². The van der Waals surface area contributed by atoms with Crippen LogP contribution in [-0.4, -0.2) is 77.9 Å². The number of aromatic nitrogens is 1. The van der Waals surface area contributed by atoms with Crippen LogP contribution in [-0.2, 0) is 42.3 Å². The van der Waals surface area contributed by atoms with Crippen LogP contribution in [0, 0.1) is 0 Å². The van der Waals surface area contributed by atoms with E-state index in [2.05, 4.69) is 29.5 Å². The van der Waals surface area contributed by atoms with Crippen molar-refractivity contribution in [2.24, 2.45) is 0 Å². The molecule has 0 aliphatic carbocycles. The maximum Gasteiger partial charge on any atom is 0.472 e. The van der Waals surface area contributed by atoms with Gasteiger partial charge in [0.2, 0.25) is 11.8 Å². The largest absolute Gasteiger partial charge is 0.472 e. The van der Waals surface area contributed by atoms with E-state index < -0.39 is 44.4 Å². The summed E-state index contributed by atoms with van der Waals surface area (Å²) in [6.07, 6.45) is 37.8. The molecule has 2 amide bonds. The van der Waals surface area contributed by atoms with Crippen LogP contribution in [0.5, 0.6) is 0 Å². The van der Waals surface area contributed by atoms with Gasteiger partial charge in [0, 0.05) is 37.8 Å². The number of unbranched alkanes of at least 4 members (excludes halogenated alkanes) is 28. The summed E-state index contributed by atoms with van der Waals surface area (Å²) in [6.45, 7) is 4.71. The van der Waals surface area contributed by atoms with Crippen LogP contribution >= 0.6 is 29.4 Å². The quantitative estimate of drug-likeness (QED) is 0.0243. The molecule has 13 nitrogen and oxygen atoms in total. The molecule has 0 saturated heterocycles. The molecule has 1 aromatic heterocycles. The van der Waals surface area contributed by atoms with E-state index in [-0.39, 0.29) is 44.9 Å². The Balaban J connectivity index is 2.40. The van der Waals surface area contributed by atoms with E-state index in [1.54, 1.807) is 13.1 Å². The van der Waals surface area contributed by atoms with Crippen LogP contribution in [0.3, 0.4) is 0 Å². The standard InChI is InChI=1S/C52H94N3O10PS2/c1-4-6-8-10-12-14-16-18-20-22-24-26-28-30-32-37-50(57)62-44-47(65-51(58)38-33-31-29-27-25-23-21-19-17-15-13-11-9-7-5-2)45-64-66(60,61)63-42-41-54-52(59)46(3)55-48(56)39-43-67-68-49-36-34-35-40-53-49/h34-36,40,46-47H,4-33,37-39,41-45H2,1-3H3,(H,54,59)(H,55,56)(H,60,61)/t46?,47-/m1/s1. The predicted molar refractivity (Wildman–Crippen MR) is 279 cm³/mol. The second-order valence-electron chi connectivity index (χ2n) is 18.2. The maximum absolute atomic E-state index is 12.8. The number of phosphoric acid groups is 1. The van der Waals surface area contributed by atoms with E-state index in [9.17, 15) is 28.6 Å². The number of phosphoric ester groups is 1. The van der Waals surface area contributed by atoms with Crippen LogP contribution in [0.15, 0.2) is 29.4 Å². The molecular formula is C52H94N3O10PS2. The summed E-state index contributed by atoms with van der Waals surface area (Å²) in [4.78, 5) is 65.0. The van der Waals surface area contributed by atoms with Crippen molar-refractivity contribution in [2.75, 3.05) is 32.1 Å². The zero-order chi connectivity index (χ0) is 49.6. The Labute approximate surface area is 420 Å². The summed E-state index contributed by atoms with van der Waals surface area (Å²) in [5, 5.41) is 6.05. The number of carbonyl (C=O) groups excluding carboxylic acids is 4. The Bertz CT molecular complexity index is 1430. The molecule has 2 unspecified atom stereocenters. The lowest BCUT2D eigenvalue weighted by Gasteiger charge is -2.20. The normalized spacial score (nSPS) is 13.1. The lowest BCUT2D eigenvalue weighted by Crippen LogP contribution is -2.45. The van der Waals surface area contributed by atoms with Gasteiger partial charge in [-0.05, 0) is 42.7 Å². The molecule has 3 atom stereocenters. The number of pyridine rings is 1. The highest BCUT2D eigenvalue weighted by Crippen LogP contribution is 2.43. The van der Waals surface area contributed by atoms with Gasteiger partial charge in [0.1, 0.15) is 17.7 Å². The van der Waals surface area contributed by atoms with Crippen molar-refractivity contribution in [2.45, 2.75) is 250 Å². The van der Waals surface area contributed by atoms with Gasteiger partial charge in [0.25, 0.3) is 0 Å². The minimum atomic E-state index is -4.64. The molecule has 0 aliphatic heterocycles. The summed E-state index contributed by atoms with van der Waals surface area (Å²) < 4.78 is 34.0. The molecule has 68 heavy (non-hydrogen) atoms. The second-order valence-corrected chi connectivity index (χ2v) is 22.1. The Hall–Kier alpha value is -2.16. The second kappa shape index (κ2) is 45.9. The van der Waals surface area contributed by atoms with Gasteiger partial charge in [-0.15, -0.1) is 0 Å². The first-order valence-corrected chi connectivity index (χ1v) is 30.6. The summed E-state index contributed by atoms with van der Waals surface area (Å²) in [5.74, 6) is -1.16. The first-order valence-electron chi connectivity index (χ1n) is 26.8. The summed E-state index contributed by atoms with van der Waals surface area (Å²) in [5.41, 5.74) is 0. The van der Waals surface area contributed by atoms with E-state index in [1.807, 2.05) is 18.2 Å². The van der Waals surface area contributed by atoms with Crippen LogP contribution in [0.25, 0.3) is 0 Å². The first-order chi connectivity index (χ1) is 33.1. The van der Waals surface area contributed by atoms with E-state index in [1.165, 1.54) is 163 Å². The van der Waals surface area contributed by atoms with Crippen molar-refractivity contribution < 1.29 is 47.2 Å². The van der Waals surface area contributed by atoms with E-state index in [4.69, 9.17) is 18.5 Å². The molecule has 0 spiro atoms. The number of esters is 2. The van der Waals surface area contributed by atoms with Gasteiger partial charge >= 0.3 is 19.8 Å². The SMILES string of the molecule is CCCCCCCCCCCCCCCCCC(=O)OC[C@H](COP(=O)(O)OCCNC(=O)C(C)NC(=O)CCSSc1ccccn1)OC(=O)CCCCCCCCCCCCCCCCC. The number of amides is 2. The number of nitrogens with one attached hydrogen (secondary N) is 2. The number of rotatable bonds is 49. The molecule has 0 radical (unpaired) electrons. The summed E-state index contributed by atoms with van der Waals surface area (Å²) in [7, 11) is -1.69. The van der Waals surface area contributed by atoms with E-state index in [0.29, 0.717) is 18.6 Å². The van der Waals surface area contributed by atoms with Gasteiger partial charge < -0.3 is 25.0 Å². The molecular weight excluding hydrogens is 922 g/mol. The monoisotopic (exact) mass is 1020 g/mol. The van der Waals surface area contributed by atoms with Crippen molar-refractivity contribution in [1.82, 2.24) is 15.6 Å². The smallest absolute Gasteiger partial charge is 0.462 e. The van der Waals surface area contributed by atoms with Crippen molar-refractivity contribution in [3.63, 3.8) is 0 Å². The fourth-order valence-corrected chi connectivity index (χ4v) is 10.2. The highest BCUT2D eigenvalue weighted by Gasteiger charge is 2.26. The number of carbonyl (C=O) groups is 4. The van der Waals surface area contributed by atoms with Crippen molar-refractivity contribution in [3.8, 4) is 0 Å². The fraction of sp³-hybridized carbons (Fsp3) is 0.827. The van der Waals surface area contributed by atoms with Gasteiger partial charge in [0.05, 0.1) is 13.2 Å². The van der Waals surface area contributed by atoms with Crippen LogP contribution < -0.4 is 10.6 Å². The minimum absolute atomic E-state index is 0.127. The average molecular weight is 1020 g/mol. The Morgan fingerprint density at radius 1 is 0.632 bits per heavy atom. The molecule has 16 heteroatoms. The third kappa shape index (κ3) is 41.6. The number of hydrogen-bond acceptors (Lipinski definition) is 12. The van der Waals surface area contributed by atoms with Crippen LogP contribution in [0.2, 0.25) is 0 Å². The highest BCUT2D eigenvalue weighted by molar-refractivity contribution is 8.76. The molecule has 1 heterocycles. The van der Waals surface area contributed by atoms with Crippen molar-refractivity contribution in [3.05, 3.63) is 24.4 Å². The first kappa shape index (κ1) is 63.9. The Kier molecular flexibility index (Phi) is 43.1. The van der Waals surface area contributed by atoms with Crippen molar-refractivity contribution in [1.29, 1.82) is 0 Å². The maximum atomic E-state index is 12.8. The van der Waals surface area contributed by atoms with Gasteiger partial charge in [-0.25, -0.2) is 9.55 Å². The minimum Gasteiger partial charge on any atom is -0.462 e. The molecule has 0 bridgehead atoms. The highest BCUT2D eigenvalue weighted by atomic mass is 33.1. The third-order valence-corrected chi connectivity index (χ3v) is 15.0. The summed E-state index contributed by atoms with van der Waals surface area (Å²) in [6, 6.07) is 4.77. The molecule has 1 rings (SSSR count). The van der Waals surface area contributed by atoms with Crippen LogP contribution in [0.4, 0.5) is 0 Å². The number of ether oxygens (including phenoxy) is 2. The van der Waals surface area contributed by atoms with Crippen LogP contribution in [0.1, 0.15) is 233 Å². The molecule has 0 fully saturated rings. The van der Waals surface area contributed by atoms with Gasteiger partial charge in [-0.2, -0.15) is 0 Å². The molecule has 394 valence electrons. The van der Waals surface area contributed by atoms with E-state index >= 15 is 0 Å². The van der Waals surface area contributed by atoms with Crippen molar-refractivity contribution >= 4 is 53.2 Å². The molecule has 3 N–H and O–H groups in total. The molecule has 0 aromatic carbocycles. The lowest BCUT2D eigenvalue weighted by atomic mass is 10.0. The zero-order valence-corrected chi connectivity index (χ0v) is 45.2. The predicted octanol–water partition coefficient (Wildman–Crippen LogP) is 13.9. The molecule has 0 aliphatic rings. The van der Waals surface area contributed by atoms with Gasteiger partial charge in [-0.3, -0.25) is 28.2 Å². The third-order valence-electron chi connectivity index (χ3n) is 11.7. The number of nitrogens with zero attached hydrogens (tertiary/aromatic N) is 1. The Morgan fingerprint density at radius 2 is 1.10 bits per heavy atom. The Morgan fingerprint density at radius 3 is 1.57 bits per heavy atom. The lowest BCUT2D eigenvalue weighted by molar-refractivity contribution is -0.161. The summed E-state index contributed by atoms with van der Waals surface area (Å²) >= 11 is 0. The molecule has 1 aromatic rings. The van der Waals surface area contributed by atoms with Gasteiger partial charge in [0.15, 0.2) is 6.10 Å². The van der Waals surface area contributed by atoms with Gasteiger partial charge in [-0.1, -0.05) is 210 Å². The zero-order valence-electron chi connectivity index (χ0n) is 42.7. The van der Waals surface area contributed by atoms with E-state index in [0.717, 1.165) is 43.6 Å². The average Bonchev–Trinajstić information content (AvgIpc) is 3.32. The fourth-order valence-electron chi connectivity index (χ4n) is 7.62. The molecule has 0 saturated carbocycles.